The number of β-amino-alcohol motifs (C(OH)–C–C–N with tert-alkyl or cyclic N) is 1. The topological polar surface area (TPSA) is 79.7 Å². The summed E-state index contributed by atoms with van der Waals surface area (Å²) < 4.78 is 29.0. The van der Waals surface area contributed by atoms with Crippen molar-refractivity contribution in [3.05, 3.63) is 42.6 Å². The van der Waals surface area contributed by atoms with E-state index < -0.39 is 15.4 Å². The highest BCUT2D eigenvalue weighted by Gasteiger charge is 2.24. The van der Waals surface area contributed by atoms with Crippen molar-refractivity contribution in [3.8, 4) is 17.0 Å². The van der Waals surface area contributed by atoms with E-state index in [4.69, 9.17) is 4.74 Å². The summed E-state index contributed by atoms with van der Waals surface area (Å²) in [6.45, 7) is 7.00. The second-order valence-electron chi connectivity index (χ2n) is 8.52. The monoisotopic (exact) mass is 418 g/mol. The summed E-state index contributed by atoms with van der Waals surface area (Å²) in [5, 5.41) is 9.94. The average Bonchev–Trinajstić information content (AvgIpc) is 2.66. The Hall–Kier alpha value is -1.96. The van der Waals surface area contributed by atoms with E-state index in [1.165, 1.54) is 6.26 Å². The molecule has 29 heavy (non-hydrogen) atoms. The van der Waals surface area contributed by atoms with Gasteiger partial charge in [-0.25, -0.2) is 13.4 Å². The first-order valence-electron chi connectivity index (χ1n) is 9.94. The SMILES string of the molecule is CC(C)(O)CN1CCC(COc2ccc(-c3ccc(S(C)(=O)=O)cc3)cn2)CC1. The van der Waals surface area contributed by atoms with Crippen LogP contribution in [0.2, 0.25) is 0 Å². The van der Waals surface area contributed by atoms with Crippen LogP contribution in [0.4, 0.5) is 0 Å². The molecule has 2 heterocycles. The molecule has 1 aromatic carbocycles. The molecule has 0 spiro atoms. The first-order valence-corrected chi connectivity index (χ1v) is 11.8. The predicted octanol–water partition coefficient (Wildman–Crippen LogP) is 3.01. The number of aromatic nitrogens is 1. The van der Waals surface area contributed by atoms with Gasteiger partial charge in [-0.1, -0.05) is 12.1 Å². The van der Waals surface area contributed by atoms with E-state index in [-0.39, 0.29) is 0 Å². The van der Waals surface area contributed by atoms with Gasteiger partial charge in [0.05, 0.1) is 17.1 Å². The maximum atomic E-state index is 11.6. The first kappa shape index (κ1) is 21.7. The van der Waals surface area contributed by atoms with E-state index in [1.807, 2.05) is 26.0 Å². The maximum absolute atomic E-state index is 11.6. The van der Waals surface area contributed by atoms with Gasteiger partial charge in [0.25, 0.3) is 0 Å². The molecule has 158 valence electrons. The number of sulfone groups is 1. The molecular weight excluding hydrogens is 388 g/mol. The quantitative estimate of drug-likeness (QED) is 0.745. The number of nitrogens with zero attached hydrogens (tertiary/aromatic N) is 2. The summed E-state index contributed by atoms with van der Waals surface area (Å²) in [5.41, 5.74) is 1.17. The molecule has 1 aromatic heterocycles. The lowest BCUT2D eigenvalue weighted by Gasteiger charge is -2.35. The molecule has 1 saturated heterocycles. The van der Waals surface area contributed by atoms with Gasteiger partial charge < -0.3 is 14.7 Å². The molecule has 0 amide bonds. The van der Waals surface area contributed by atoms with E-state index in [0.717, 1.165) is 37.1 Å². The number of ether oxygens (including phenoxy) is 1. The van der Waals surface area contributed by atoms with Gasteiger partial charge in [0.2, 0.25) is 5.88 Å². The molecule has 0 bridgehead atoms. The third-order valence-electron chi connectivity index (χ3n) is 5.14. The summed E-state index contributed by atoms with van der Waals surface area (Å²) in [7, 11) is -3.19. The lowest BCUT2D eigenvalue weighted by molar-refractivity contribution is 0.0211. The summed E-state index contributed by atoms with van der Waals surface area (Å²) in [5.74, 6) is 1.10. The van der Waals surface area contributed by atoms with Gasteiger partial charge in [-0.3, -0.25) is 0 Å². The Morgan fingerprint density at radius 2 is 1.72 bits per heavy atom. The third kappa shape index (κ3) is 6.52. The normalized spacial score (nSPS) is 16.7. The van der Waals surface area contributed by atoms with Gasteiger partial charge >= 0.3 is 0 Å². The number of pyridine rings is 1. The number of piperidine rings is 1. The molecule has 0 atom stereocenters. The Morgan fingerprint density at radius 3 is 2.24 bits per heavy atom. The van der Waals surface area contributed by atoms with Crippen molar-refractivity contribution in [1.29, 1.82) is 0 Å². The Balaban J connectivity index is 1.50. The largest absolute Gasteiger partial charge is 0.477 e. The van der Waals surface area contributed by atoms with Crippen LogP contribution in [0, 0.1) is 5.92 Å². The lowest BCUT2D eigenvalue weighted by atomic mass is 9.96. The summed E-state index contributed by atoms with van der Waals surface area (Å²) in [4.78, 5) is 7.00. The highest BCUT2D eigenvalue weighted by molar-refractivity contribution is 7.90. The molecular formula is C22H30N2O4S. The Morgan fingerprint density at radius 1 is 1.10 bits per heavy atom. The number of hydrogen-bond acceptors (Lipinski definition) is 6. The Bertz CT molecular complexity index is 895. The molecule has 1 aliphatic heterocycles. The highest BCUT2D eigenvalue weighted by Crippen LogP contribution is 2.24. The van der Waals surface area contributed by atoms with Crippen LogP contribution in [0.1, 0.15) is 26.7 Å². The Labute approximate surface area is 173 Å². The number of hydrogen-bond donors (Lipinski definition) is 1. The van der Waals surface area contributed by atoms with Crippen LogP contribution in [0.5, 0.6) is 5.88 Å². The fourth-order valence-corrected chi connectivity index (χ4v) is 4.22. The highest BCUT2D eigenvalue weighted by atomic mass is 32.2. The molecule has 0 saturated carbocycles. The molecule has 0 unspecified atom stereocenters. The number of benzene rings is 1. The van der Waals surface area contributed by atoms with Crippen LogP contribution in [-0.4, -0.2) is 61.5 Å². The molecule has 0 radical (unpaired) electrons. The van der Waals surface area contributed by atoms with Crippen LogP contribution >= 0.6 is 0 Å². The Kier molecular flexibility index (Phi) is 6.61. The van der Waals surface area contributed by atoms with E-state index in [9.17, 15) is 13.5 Å². The molecule has 1 fully saturated rings. The smallest absolute Gasteiger partial charge is 0.213 e. The minimum Gasteiger partial charge on any atom is -0.477 e. The summed E-state index contributed by atoms with van der Waals surface area (Å²) in [6, 6.07) is 10.6. The van der Waals surface area contributed by atoms with Gasteiger partial charge in [-0.15, -0.1) is 0 Å². The third-order valence-corrected chi connectivity index (χ3v) is 6.27. The van der Waals surface area contributed by atoms with Crippen molar-refractivity contribution >= 4 is 9.84 Å². The molecule has 0 aliphatic carbocycles. The van der Waals surface area contributed by atoms with Crippen LogP contribution in [0.15, 0.2) is 47.5 Å². The number of aliphatic hydroxyl groups is 1. The maximum Gasteiger partial charge on any atom is 0.213 e. The van der Waals surface area contributed by atoms with E-state index in [2.05, 4.69) is 9.88 Å². The van der Waals surface area contributed by atoms with Gasteiger partial charge in [-0.2, -0.15) is 0 Å². The second-order valence-corrected chi connectivity index (χ2v) is 10.5. The minimum atomic E-state index is -3.19. The van der Waals surface area contributed by atoms with E-state index >= 15 is 0 Å². The standard InChI is InChI=1S/C22H30N2O4S/c1-22(2,25)16-24-12-10-17(11-13-24)15-28-21-9-6-19(14-23-21)18-4-7-20(8-5-18)29(3,26)27/h4-9,14,17,25H,10-13,15-16H2,1-3H3. The molecule has 1 N–H and O–H groups in total. The van der Waals surface area contributed by atoms with Gasteiger partial charge in [-0.05, 0) is 69.5 Å². The zero-order valence-corrected chi connectivity index (χ0v) is 18.2. The van der Waals surface area contributed by atoms with Crippen molar-refractivity contribution in [2.24, 2.45) is 5.92 Å². The molecule has 7 heteroatoms. The second kappa shape index (κ2) is 8.81. The predicted molar refractivity (Wildman–Crippen MR) is 114 cm³/mol. The van der Waals surface area contributed by atoms with Crippen LogP contribution in [-0.2, 0) is 9.84 Å². The minimum absolute atomic E-state index is 0.308. The van der Waals surface area contributed by atoms with Crippen molar-refractivity contribution < 1.29 is 18.3 Å². The molecule has 6 nitrogen and oxygen atoms in total. The lowest BCUT2D eigenvalue weighted by Crippen LogP contribution is -2.43. The zero-order chi connectivity index (χ0) is 21.1. The summed E-state index contributed by atoms with van der Waals surface area (Å²) in [6.07, 6.45) is 5.06. The van der Waals surface area contributed by atoms with Gasteiger partial charge in [0.1, 0.15) is 0 Å². The number of likely N-dealkylation sites (tertiary alicyclic amines) is 1. The van der Waals surface area contributed by atoms with Crippen LogP contribution < -0.4 is 4.74 Å². The van der Waals surface area contributed by atoms with Crippen molar-refractivity contribution in [3.63, 3.8) is 0 Å². The van der Waals surface area contributed by atoms with Gasteiger partial charge in [0, 0.05) is 30.6 Å². The van der Waals surface area contributed by atoms with Crippen molar-refractivity contribution in [1.82, 2.24) is 9.88 Å². The van der Waals surface area contributed by atoms with Crippen LogP contribution in [0.25, 0.3) is 11.1 Å². The van der Waals surface area contributed by atoms with Gasteiger partial charge in [0.15, 0.2) is 9.84 Å². The van der Waals surface area contributed by atoms with E-state index in [1.54, 1.807) is 30.5 Å². The molecule has 1 aliphatic rings. The zero-order valence-electron chi connectivity index (χ0n) is 17.3. The van der Waals surface area contributed by atoms with E-state index in [0.29, 0.717) is 29.8 Å². The average molecular weight is 419 g/mol. The molecule has 2 aromatic rings. The molecule has 3 rings (SSSR count). The van der Waals surface area contributed by atoms with Crippen LogP contribution in [0.3, 0.4) is 0 Å². The van der Waals surface area contributed by atoms with Crippen molar-refractivity contribution in [2.45, 2.75) is 37.2 Å². The van der Waals surface area contributed by atoms with Crippen molar-refractivity contribution in [2.75, 3.05) is 32.5 Å². The summed E-state index contributed by atoms with van der Waals surface area (Å²) >= 11 is 0. The fraction of sp³-hybridized carbons (Fsp3) is 0.500. The number of rotatable bonds is 7. The first-order chi connectivity index (χ1) is 13.6. The fourth-order valence-electron chi connectivity index (χ4n) is 3.59.